The predicted molar refractivity (Wildman–Crippen MR) is 147 cm³/mol. The van der Waals surface area contributed by atoms with E-state index in [0.29, 0.717) is 27.0 Å². The number of hydrogen-bond acceptors (Lipinski definition) is 9. The quantitative estimate of drug-likeness (QED) is 0.321. The van der Waals surface area contributed by atoms with E-state index < -0.39 is 11.9 Å². The van der Waals surface area contributed by atoms with Crippen molar-refractivity contribution in [1.29, 1.82) is 0 Å². The van der Waals surface area contributed by atoms with Gasteiger partial charge < -0.3 is 9.84 Å². The van der Waals surface area contributed by atoms with Gasteiger partial charge in [-0.05, 0) is 19.1 Å². The largest absolute Gasteiger partial charge is 0.480 e. The van der Waals surface area contributed by atoms with E-state index >= 15 is 0 Å². The van der Waals surface area contributed by atoms with Crippen LogP contribution in [-0.4, -0.2) is 42.8 Å². The summed E-state index contributed by atoms with van der Waals surface area (Å²) in [6.45, 7) is 1.56. The highest BCUT2D eigenvalue weighted by Crippen LogP contribution is 2.30. The summed E-state index contributed by atoms with van der Waals surface area (Å²) >= 11 is 2.74. The van der Waals surface area contributed by atoms with Gasteiger partial charge in [0.25, 0.3) is 11.1 Å². The lowest BCUT2D eigenvalue weighted by Crippen LogP contribution is -2.25. The van der Waals surface area contributed by atoms with Crippen molar-refractivity contribution in [3.05, 3.63) is 81.9 Å². The summed E-state index contributed by atoms with van der Waals surface area (Å²) in [5.74, 6) is -1.49. The minimum atomic E-state index is -1.06. The Balaban J connectivity index is 0.000000156. The Labute approximate surface area is 222 Å². The van der Waals surface area contributed by atoms with E-state index in [4.69, 9.17) is 9.84 Å². The molecule has 0 aliphatic rings. The van der Waals surface area contributed by atoms with Crippen LogP contribution in [0, 0.1) is 0 Å². The van der Waals surface area contributed by atoms with E-state index in [1.165, 1.54) is 39.9 Å². The lowest BCUT2D eigenvalue weighted by Gasteiger charge is -2.04. The van der Waals surface area contributed by atoms with Gasteiger partial charge in [0.15, 0.2) is 0 Å². The molecule has 4 heterocycles. The zero-order valence-electron chi connectivity index (χ0n) is 20.0. The Kier molecular flexibility index (Phi) is 6.99. The number of benzene rings is 2. The smallest absolute Gasteiger partial charge is 0.326 e. The third-order valence-electron chi connectivity index (χ3n) is 5.61. The Hall–Kier alpha value is -4.42. The molecule has 2 aromatic carbocycles. The van der Waals surface area contributed by atoms with Crippen LogP contribution in [0.4, 0.5) is 0 Å². The summed E-state index contributed by atoms with van der Waals surface area (Å²) in [5, 5.41) is 10.6. The molecule has 192 valence electrons. The lowest BCUT2D eigenvalue weighted by molar-refractivity contribution is -0.144. The first-order valence-electron chi connectivity index (χ1n) is 11.5. The van der Waals surface area contributed by atoms with Gasteiger partial charge >= 0.3 is 11.9 Å². The highest BCUT2D eigenvalue weighted by molar-refractivity contribution is 7.26. The summed E-state index contributed by atoms with van der Waals surface area (Å²) in [4.78, 5) is 55.1. The first-order valence-corrected chi connectivity index (χ1v) is 13.1. The molecule has 6 rings (SSSR count). The first-order chi connectivity index (χ1) is 18.4. The topological polar surface area (TPSA) is 133 Å². The number of rotatable bonds is 5. The van der Waals surface area contributed by atoms with Gasteiger partial charge in [-0.1, -0.05) is 36.4 Å². The van der Waals surface area contributed by atoms with Crippen LogP contribution < -0.4 is 11.1 Å². The van der Waals surface area contributed by atoms with Gasteiger partial charge in [0.05, 0.1) is 30.3 Å². The fourth-order valence-corrected chi connectivity index (χ4v) is 6.16. The van der Waals surface area contributed by atoms with Gasteiger partial charge in [0.2, 0.25) is 0 Å². The molecular weight excluding hydrogens is 528 g/mol. The molecule has 0 amide bonds. The molecule has 4 aromatic heterocycles. The second kappa shape index (κ2) is 10.5. The van der Waals surface area contributed by atoms with E-state index in [9.17, 15) is 19.2 Å². The number of nitrogens with zero attached hydrogens (tertiary/aromatic N) is 4. The number of carboxylic acids is 1. The molecule has 0 fully saturated rings. The number of aliphatic carboxylic acids is 1. The number of carbonyl (C=O) groups is 2. The molecule has 0 saturated carbocycles. The number of esters is 1. The van der Waals surface area contributed by atoms with Gasteiger partial charge in [0, 0.05) is 20.2 Å². The number of fused-ring (bicyclic) bond motifs is 6. The SMILES string of the molecule is CCOC(=O)Cn1cnc2c(sc3ccccc32)c1=O.O=C(O)Cn1cnc2c(sc3ccccc32)c1=O. The van der Waals surface area contributed by atoms with E-state index in [1.54, 1.807) is 6.92 Å². The number of carbonyl (C=O) groups excluding carboxylic acids is 1. The van der Waals surface area contributed by atoms with Crippen LogP contribution >= 0.6 is 22.7 Å². The number of aromatic nitrogens is 4. The first kappa shape index (κ1) is 25.2. The number of thiophene rings is 2. The molecule has 1 N–H and O–H groups in total. The molecule has 10 nitrogen and oxygen atoms in total. The van der Waals surface area contributed by atoms with E-state index in [-0.39, 0.29) is 24.2 Å². The molecule has 0 aliphatic carbocycles. The van der Waals surface area contributed by atoms with Crippen LogP contribution in [0.2, 0.25) is 0 Å². The predicted octanol–water partition coefficient (Wildman–Crippen LogP) is 3.87. The van der Waals surface area contributed by atoms with Crippen LogP contribution in [-0.2, 0) is 27.4 Å². The molecule has 6 aromatic rings. The normalized spacial score (nSPS) is 11.1. The monoisotopic (exact) mass is 548 g/mol. The molecule has 0 radical (unpaired) electrons. The average molecular weight is 549 g/mol. The Morgan fingerprint density at radius 1 is 0.816 bits per heavy atom. The molecule has 38 heavy (non-hydrogen) atoms. The Morgan fingerprint density at radius 3 is 1.76 bits per heavy atom. The summed E-state index contributed by atoms with van der Waals surface area (Å²) in [5.41, 5.74) is 0.825. The van der Waals surface area contributed by atoms with Gasteiger partial charge in [-0.25, -0.2) is 9.97 Å². The maximum Gasteiger partial charge on any atom is 0.326 e. The van der Waals surface area contributed by atoms with Gasteiger partial charge in [-0.15, -0.1) is 22.7 Å². The lowest BCUT2D eigenvalue weighted by atomic mass is 10.2. The number of ether oxygens (including phenoxy) is 1. The minimum absolute atomic E-state index is 0.107. The standard InChI is InChI=1S/C14H12N2O3S.C12H8N2O3S/c1-2-19-11(17)7-16-8-15-12-9-5-3-4-6-10(9)20-13(12)14(16)18;15-9(16)5-14-6-13-10-7-3-1-2-4-8(7)18-11(10)12(14)17/h3-6,8H,2,7H2,1H3;1-4,6H,5H2,(H,15,16). The summed E-state index contributed by atoms with van der Waals surface area (Å²) in [6, 6.07) is 15.3. The van der Waals surface area contributed by atoms with Crippen LogP contribution in [0.1, 0.15) is 6.92 Å². The molecule has 0 saturated heterocycles. The highest BCUT2D eigenvalue weighted by Gasteiger charge is 2.14. The van der Waals surface area contributed by atoms with Crippen molar-refractivity contribution in [3.8, 4) is 0 Å². The Morgan fingerprint density at radius 2 is 1.29 bits per heavy atom. The van der Waals surface area contributed by atoms with Gasteiger partial charge in [-0.3, -0.25) is 28.3 Å². The fraction of sp³-hybridized carbons (Fsp3) is 0.154. The van der Waals surface area contributed by atoms with E-state index in [0.717, 1.165) is 24.7 Å². The maximum atomic E-state index is 12.4. The fourth-order valence-electron chi connectivity index (χ4n) is 3.95. The van der Waals surface area contributed by atoms with E-state index in [1.807, 2.05) is 48.5 Å². The highest BCUT2D eigenvalue weighted by atomic mass is 32.1. The van der Waals surface area contributed by atoms with Crippen molar-refractivity contribution in [2.75, 3.05) is 6.61 Å². The van der Waals surface area contributed by atoms with Crippen LogP contribution in [0.5, 0.6) is 0 Å². The second-order valence-electron chi connectivity index (χ2n) is 8.11. The molecule has 0 spiro atoms. The van der Waals surface area contributed by atoms with Crippen molar-refractivity contribution < 1.29 is 19.4 Å². The van der Waals surface area contributed by atoms with Crippen LogP contribution in [0.3, 0.4) is 0 Å². The summed E-state index contributed by atoms with van der Waals surface area (Å²) in [6.07, 6.45) is 2.69. The molecular formula is C26H20N4O6S2. The van der Waals surface area contributed by atoms with Crippen LogP contribution in [0.15, 0.2) is 70.8 Å². The molecule has 0 aliphatic heterocycles. The van der Waals surface area contributed by atoms with Crippen molar-refractivity contribution in [3.63, 3.8) is 0 Å². The third kappa shape index (κ3) is 4.78. The van der Waals surface area contributed by atoms with Gasteiger partial charge in [0.1, 0.15) is 22.5 Å². The van der Waals surface area contributed by atoms with Crippen LogP contribution in [0.25, 0.3) is 40.6 Å². The third-order valence-corrected chi connectivity index (χ3v) is 7.91. The van der Waals surface area contributed by atoms with Crippen molar-refractivity contribution in [2.45, 2.75) is 20.0 Å². The average Bonchev–Trinajstić information content (AvgIpc) is 3.47. The van der Waals surface area contributed by atoms with Crippen molar-refractivity contribution in [2.24, 2.45) is 0 Å². The molecule has 0 bridgehead atoms. The maximum absolute atomic E-state index is 12.4. The zero-order valence-corrected chi connectivity index (χ0v) is 21.6. The Bertz CT molecular complexity index is 1950. The van der Waals surface area contributed by atoms with E-state index in [2.05, 4.69) is 9.97 Å². The van der Waals surface area contributed by atoms with Gasteiger partial charge in [-0.2, -0.15) is 0 Å². The minimum Gasteiger partial charge on any atom is -0.480 e. The summed E-state index contributed by atoms with van der Waals surface area (Å²) < 4.78 is 10.3. The molecule has 12 heteroatoms. The van der Waals surface area contributed by atoms with Crippen molar-refractivity contribution >= 4 is 75.2 Å². The number of carboxylic acid groups (broad SMARTS) is 1. The number of hydrogen-bond donors (Lipinski definition) is 1. The van der Waals surface area contributed by atoms with Crippen molar-refractivity contribution in [1.82, 2.24) is 19.1 Å². The summed E-state index contributed by atoms with van der Waals surface area (Å²) in [7, 11) is 0. The molecule has 0 unspecified atom stereocenters. The second-order valence-corrected chi connectivity index (χ2v) is 10.2. The molecule has 0 atom stereocenters. The zero-order chi connectivity index (χ0) is 26.8.